The fraction of sp³-hybridized carbons (Fsp3) is 0.333. The Labute approximate surface area is 150 Å². The zero-order valence-corrected chi connectivity index (χ0v) is 15.5. The lowest BCUT2D eigenvalue weighted by molar-refractivity contribution is 0.0658. The van der Waals surface area contributed by atoms with Crippen LogP contribution in [0.25, 0.3) is 0 Å². The molecule has 0 unspecified atom stereocenters. The number of carbonyl (C=O) groups excluding carboxylic acids is 1. The predicted octanol–water partition coefficient (Wildman–Crippen LogP) is 3.28. The Hall–Kier alpha value is -1.92. The maximum Gasteiger partial charge on any atom is 0.272 e. The summed E-state index contributed by atoms with van der Waals surface area (Å²) in [5.41, 5.74) is 3.54. The molecule has 0 atom stereocenters. The molecule has 1 aromatic heterocycles. The maximum atomic E-state index is 12.5. The zero-order chi connectivity index (χ0) is 17.1. The van der Waals surface area contributed by atoms with Gasteiger partial charge in [-0.1, -0.05) is 15.9 Å². The highest BCUT2D eigenvalue weighted by atomic mass is 79.9. The van der Waals surface area contributed by atoms with Crippen molar-refractivity contribution in [2.45, 2.75) is 6.92 Å². The minimum atomic E-state index is 0.00877. The molecular weight excluding hydrogens is 368 g/mol. The SMILES string of the molecule is Cc1cc(Br)ccc1Nc1ccc(C(=O)N2CCN(C)CC2)nc1. The van der Waals surface area contributed by atoms with E-state index in [1.54, 1.807) is 12.3 Å². The molecule has 2 heterocycles. The lowest BCUT2D eigenvalue weighted by atomic mass is 10.2. The van der Waals surface area contributed by atoms with Gasteiger partial charge in [-0.05, 0) is 49.9 Å². The molecule has 1 aromatic carbocycles. The highest BCUT2D eigenvalue weighted by molar-refractivity contribution is 9.10. The number of anilines is 2. The second-order valence-corrected chi connectivity index (χ2v) is 7.03. The summed E-state index contributed by atoms with van der Waals surface area (Å²) in [5, 5.41) is 3.34. The first kappa shape index (κ1) is 16.9. The zero-order valence-electron chi connectivity index (χ0n) is 13.9. The number of hydrogen-bond donors (Lipinski definition) is 1. The summed E-state index contributed by atoms with van der Waals surface area (Å²) in [6.45, 7) is 5.39. The molecule has 1 N–H and O–H groups in total. The number of benzene rings is 1. The van der Waals surface area contributed by atoms with E-state index in [1.807, 2.05) is 30.0 Å². The smallest absolute Gasteiger partial charge is 0.272 e. The molecule has 0 spiro atoms. The Bertz CT molecular complexity index is 724. The van der Waals surface area contributed by atoms with Gasteiger partial charge in [0.2, 0.25) is 0 Å². The fourth-order valence-electron chi connectivity index (χ4n) is 2.69. The molecular formula is C18H21BrN4O. The number of nitrogens with one attached hydrogen (secondary N) is 1. The van der Waals surface area contributed by atoms with E-state index >= 15 is 0 Å². The molecule has 6 heteroatoms. The molecule has 2 aromatic rings. The average Bonchev–Trinajstić information content (AvgIpc) is 2.58. The van der Waals surface area contributed by atoms with Gasteiger partial charge < -0.3 is 15.1 Å². The first-order valence-electron chi connectivity index (χ1n) is 8.00. The van der Waals surface area contributed by atoms with Crippen molar-refractivity contribution in [1.29, 1.82) is 0 Å². The van der Waals surface area contributed by atoms with Crippen LogP contribution in [0.3, 0.4) is 0 Å². The summed E-state index contributed by atoms with van der Waals surface area (Å²) in [6.07, 6.45) is 1.71. The van der Waals surface area contributed by atoms with Crippen LogP contribution in [0, 0.1) is 6.92 Å². The van der Waals surface area contributed by atoms with Crippen molar-refractivity contribution in [2.75, 3.05) is 38.5 Å². The van der Waals surface area contributed by atoms with Crippen molar-refractivity contribution in [1.82, 2.24) is 14.8 Å². The van der Waals surface area contributed by atoms with Gasteiger partial charge >= 0.3 is 0 Å². The highest BCUT2D eigenvalue weighted by Crippen LogP contribution is 2.23. The molecule has 3 rings (SSSR count). The van der Waals surface area contributed by atoms with Crippen LogP contribution in [0.4, 0.5) is 11.4 Å². The molecule has 0 bridgehead atoms. The van der Waals surface area contributed by atoms with Crippen LogP contribution in [0.1, 0.15) is 16.1 Å². The van der Waals surface area contributed by atoms with Crippen LogP contribution in [0.2, 0.25) is 0 Å². The first-order chi connectivity index (χ1) is 11.5. The van der Waals surface area contributed by atoms with Crippen molar-refractivity contribution >= 4 is 33.2 Å². The number of aryl methyl sites for hydroxylation is 1. The van der Waals surface area contributed by atoms with Gasteiger partial charge in [0.15, 0.2) is 0 Å². The molecule has 0 aliphatic carbocycles. The quantitative estimate of drug-likeness (QED) is 0.876. The maximum absolute atomic E-state index is 12.5. The van der Waals surface area contributed by atoms with Crippen LogP contribution in [-0.2, 0) is 0 Å². The topological polar surface area (TPSA) is 48.5 Å². The standard InChI is InChI=1S/C18H21BrN4O/c1-13-11-14(19)3-5-16(13)21-15-4-6-17(20-12-15)18(24)23-9-7-22(2)8-10-23/h3-6,11-12,21H,7-10H2,1-2H3. The van der Waals surface area contributed by atoms with Gasteiger partial charge in [-0.15, -0.1) is 0 Å². The van der Waals surface area contributed by atoms with Crippen molar-refractivity contribution in [3.05, 3.63) is 52.3 Å². The van der Waals surface area contributed by atoms with Crippen molar-refractivity contribution in [3.8, 4) is 0 Å². The number of pyridine rings is 1. The van der Waals surface area contributed by atoms with Gasteiger partial charge in [0.1, 0.15) is 5.69 Å². The molecule has 5 nitrogen and oxygen atoms in total. The number of piperazine rings is 1. The van der Waals surface area contributed by atoms with E-state index < -0.39 is 0 Å². The molecule has 1 fully saturated rings. The van der Waals surface area contributed by atoms with Gasteiger partial charge in [-0.3, -0.25) is 4.79 Å². The van der Waals surface area contributed by atoms with Crippen LogP contribution in [0.5, 0.6) is 0 Å². The summed E-state index contributed by atoms with van der Waals surface area (Å²) in [7, 11) is 2.07. The summed E-state index contributed by atoms with van der Waals surface area (Å²) >= 11 is 3.46. The van der Waals surface area contributed by atoms with Crippen LogP contribution >= 0.6 is 15.9 Å². The second-order valence-electron chi connectivity index (χ2n) is 6.11. The lowest BCUT2D eigenvalue weighted by Gasteiger charge is -2.32. The van der Waals surface area contributed by atoms with E-state index in [-0.39, 0.29) is 5.91 Å². The van der Waals surface area contributed by atoms with Crippen LogP contribution in [0.15, 0.2) is 41.0 Å². The Morgan fingerprint density at radius 3 is 2.54 bits per heavy atom. The van der Waals surface area contributed by atoms with Gasteiger partial charge in [0.25, 0.3) is 5.91 Å². The molecule has 24 heavy (non-hydrogen) atoms. The number of nitrogens with zero attached hydrogens (tertiary/aromatic N) is 3. The molecule has 126 valence electrons. The van der Waals surface area contributed by atoms with E-state index in [0.717, 1.165) is 47.6 Å². The number of halogens is 1. The van der Waals surface area contributed by atoms with Crippen molar-refractivity contribution in [2.24, 2.45) is 0 Å². The third-order valence-corrected chi connectivity index (χ3v) is 4.73. The number of hydrogen-bond acceptors (Lipinski definition) is 4. The Kier molecular flexibility index (Phi) is 5.16. The van der Waals surface area contributed by atoms with E-state index in [4.69, 9.17) is 0 Å². The summed E-state index contributed by atoms with van der Waals surface area (Å²) in [6, 6.07) is 9.76. The Balaban J connectivity index is 1.68. The number of carbonyl (C=O) groups is 1. The third kappa shape index (κ3) is 3.94. The molecule has 1 saturated heterocycles. The molecule has 1 aliphatic rings. The van der Waals surface area contributed by atoms with Gasteiger partial charge in [0.05, 0.1) is 11.9 Å². The monoisotopic (exact) mass is 388 g/mol. The minimum Gasteiger partial charge on any atom is -0.354 e. The number of rotatable bonds is 3. The van der Waals surface area contributed by atoms with E-state index in [0.29, 0.717) is 5.69 Å². The van der Waals surface area contributed by atoms with Gasteiger partial charge in [-0.25, -0.2) is 4.98 Å². The number of likely N-dealkylation sites (N-methyl/N-ethyl adjacent to an activating group) is 1. The van der Waals surface area contributed by atoms with Crippen LogP contribution < -0.4 is 5.32 Å². The normalized spacial score (nSPS) is 15.4. The largest absolute Gasteiger partial charge is 0.354 e. The van der Waals surface area contributed by atoms with Crippen LogP contribution in [-0.4, -0.2) is 53.9 Å². The third-order valence-electron chi connectivity index (χ3n) is 4.24. The number of aromatic nitrogens is 1. The second kappa shape index (κ2) is 7.32. The fourth-order valence-corrected chi connectivity index (χ4v) is 3.16. The summed E-state index contributed by atoms with van der Waals surface area (Å²) in [5.74, 6) is 0.00877. The average molecular weight is 389 g/mol. The van der Waals surface area contributed by atoms with Crippen molar-refractivity contribution < 1.29 is 4.79 Å². The Morgan fingerprint density at radius 2 is 1.92 bits per heavy atom. The Morgan fingerprint density at radius 1 is 1.17 bits per heavy atom. The molecule has 1 amide bonds. The minimum absolute atomic E-state index is 0.00877. The molecule has 0 radical (unpaired) electrons. The van der Waals surface area contributed by atoms with E-state index in [2.05, 4.69) is 44.2 Å². The summed E-state index contributed by atoms with van der Waals surface area (Å²) in [4.78, 5) is 20.9. The predicted molar refractivity (Wildman–Crippen MR) is 99.8 cm³/mol. The van der Waals surface area contributed by atoms with Gasteiger partial charge in [-0.2, -0.15) is 0 Å². The lowest BCUT2D eigenvalue weighted by Crippen LogP contribution is -2.47. The van der Waals surface area contributed by atoms with E-state index in [1.165, 1.54) is 0 Å². The van der Waals surface area contributed by atoms with E-state index in [9.17, 15) is 4.79 Å². The number of amides is 1. The molecule has 1 aliphatic heterocycles. The van der Waals surface area contributed by atoms with Gasteiger partial charge in [0, 0.05) is 36.3 Å². The van der Waals surface area contributed by atoms with Crippen molar-refractivity contribution in [3.63, 3.8) is 0 Å². The first-order valence-corrected chi connectivity index (χ1v) is 8.79. The molecule has 0 saturated carbocycles. The highest BCUT2D eigenvalue weighted by Gasteiger charge is 2.21. The summed E-state index contributed by atoms with van der Waals surface area (Å²) < 4.78 is 1.05.